The van der Waals surface area contributed by atoms with Gasteiger partial charge in [0.25, 0.3) is 0 Å². The van der Waals surface area contributed by atoms with E-state index in [1.54, 1.807) is 25.1 Å². The third-order valence-electron chi connectivity index (χ3n) is 5.75. The minimum Gasteiger partial charge on any atom is -0.460 e. The number of carbonyl (C=O) groups excluding carboxylic acids is 2. The number of nitrogens with one attached hydrogen (secondary N) is 1. The maximum absolute atomic E-state index is 13.0. The van der Waals surface area contributed by atoms with Crippen LogP contribution in [-0.2, 0) is 48.9 Å². The van der Waals surface area contributed by atoms with Gasteiger partial charge in [0.1, 0.15) is 13.2 Å². The van der Waals surface area contributed by atoms with E-state index in [0.717, 1.165) is 12.1 Å². The minimum absolute atomic E-state index is 0.00651. The van der Waals surface area contributed by atoms with Gasteiger partial charge in [-0.3, -0.25) is 0 Å². The molecule has 1 N–H and O–H groups in total. The second-order valence-corrected chi connectivity index (χ2v) is 9.48. The van der Waals surface area contributed by atoms with Crippen LogP contribution < -0.4 is 5.32 Å². The van der Waals surface area contributed by atoms with Gasteiger partial charge in [-0.25, -0.2) is 9.59 Å². The van der Waals surface area contributed by atoms with Crippen molar-refractivity contribution in [2.75, 3.05) is 97.8 Å². The fourth-order valence-corrected chi connectivity index (χ4v) is 3.49. The summed E-state index contributed by atoms with van der Waals surface area (Å²) in [6.07, 6.45) is -4.48. The molecule has 0 aliphatic rings. The molecule has 0 radical (unpaired) electrons. The molecule has 11 nitrogen and oxygen atoms in total. The summed E-state index contributed by atoms with van der Waals surface area (Å²) < 4.78 is 81.5. The molecule has 2 aromatic carbocycles. The van der Waals surface area contributed by atoms with E-state index in [2.05, 4.69) is 11.9 Å². The van der Waals surface area contributed by atoms with Gasteiger partial charge in [0.2, 0.25) is 0 Å². The highest BCUT2D eigenvalue weighted by Gasteiger charge is 2.30. The third kappa shape index (κ3) is 17.2. The van der Waals surface area contributed by atoms with Crippen molar-refractivity contribution in [2.45, 2.75) is 13.1 Å². The second kappa shape index (κ2) is 22.9. The molecule has 0 atom stereocenters. The number of esters is 2. The minimum atomic E-state index is -4.48. The maximum atomic E-state index is 13.0. The number of hydrogen-bond acceptors (Lipinski definition) is 11. The normalized spacial score (nSPS) is 11.3. The summed E-state index contributed by atoms with van der Waals surface area (Å²) in [4.78, 5) is 23.7. The number of anilines is 2. The fraction of sp³-hybridized carbons (Fsp3) is 0.500. The van der Waals surface area contributed by atoms with Crippen molar-refractivity contribution in [3.63, 3.8) is 0 Å². The zero-order valence-corrected chi connectivity index (χ0v) is 25.9. The molecule has 0 saturated carbocycles. The first-order valence-corrected chi connectivity index (χ1v) is 14.7. The van der Waals surface area contributed by atoms with Gasteiger partial charge in [0.05, 0.1) is 96.1 Å². The molecule has 0 spiro atoms. The highest BCUT2D eigenvalue weighted by Crippen LogP contribution is 2.32. The number of hydrogen-bond donors (Lipinski definition) is 1. The van der Waals surface area contributed by atoms with Gasteiger partial charge in [-0.15, -0.1) is 0 Å². The molecular formula is C32H42F3NO10. The molecule has 0 aliphatic heterocycles. The zero-order valence-electron chi connectivity index (χ0n) is 25.9. The Balaban J connectivity index is 1.40. The molecule has 14 heteroatoms. The number of para-hydroxylation sites is 1. The van der Waals surface area contributed by atoms with Gasteiger partial charge in [-0.05, 0) is 37.3 Å². The van der Waals surface area contributed by atoms with Crippen LogP contribution in [0.2, 0.25) is 0 Å². The van der Waals surface area contributed by atoms with Gasteiger partial charge in [0, 0.05) is 11.3 Å². The summed E-state index contributed by atoms with van der Waals surface area (Å²) >= 11 is 0. The monoisotopic (exact) mass is 657 g/mol. The number of carbonyl (C=O) groups is 2. The van der Waals surface area contributed by atoms with Crippen LogP contribution in [0.3, 0.4) is 0 Å². The molecule has 0 unspecified atom stereocenters. The van der Waals surface area contributed by atoms with Gasteiger partial charge < -0.3 is 43.2 Å². The number of rotatable bonds is 25. The molecular weight excluding hydrogens is 615 g/mol. The first-order valence-electron chi connectivity index (χ1n) is 14.7. The molecule has 0 heterocycles. The summed E-state index contributed by atoms with van der Waals surface area (Å²) in [5.41, 5.74) is 0.242. The smallest absolute Gasteiger partial charge is 0.416 e. The molecule has 46 heavy (non-hydrogen) atoms. The highest BCUT2D eigenvalue weighted by molar-refractivity contribution is 5.96. The molecule has 0 saturated heterocycles. The van der Waals surface area contributed by atoms with Crippen molar-refractivity contribution in [3.05, 3.63) is 71.8 Å². The van der Waals surface area contributed by atoms with E-state index >= 15 is 0 Å². The molecule has 0 aliphatic carbocycles. The number of ether oxygens (including phenoxy) is 8. The van der Waals surface area contributed by atoms with Crippen molar-refractivity contribution < 1.29 is 60.7 Å². The molecule has 0 bridgehead atoms. The first kappa shape index (κ1) is 38.7. The van der Waals surface area contributed by atoms with E-state index in [-0.39, 0.29) is 31.1 Å². The Morgan fingerprint density at radius 2 is 1.11 bits per heavy atom. The van der Waals surface area contributed by atoms with Crippen molar-refractivity contribution in [1.82, 2.24) is 0 Å². The Morgan fingerprint density at radius 3 is 1.59 bits per heavy atom. The van der Waals surface area contributed by atoms with E-state index in [9.17, 15) is 22.8 Å². The number of alkyl halides is 3. The van der Waals surface area contributed by atoms with E-state index in [0.29, 0.717) is 83.9 Å². The summed E-state index contributed by atoms with van der Waals surface area (Å²) in [6, 6.07) is 11.1. The molecule has 2 aromatic rings. The van der Waals surface area contributed by atoms with E-state index < -0.39 is 23.7 Å². The standard InChI is InChI=1S/C32H42F3NO10/c1-25(2)30(37)45-22-20-43-18-16-41-14-12-39-10-11-40-13-15-42-17-19-44-21-23-46-31(38)28-8-3-4-9-29(28)36-27-7-5-6-26(24-27)32(33,34)35/h3-9,24,36H,1,10-23H2,2H3. The lowest BCUT2D eigenvalue weighted by Gasteiger charge is -2.13. The summed E-state index contributed by atoms with van der Waals surface area (Å²) in [7, 11) is 0. The van der Waals surface area contributed by atoms with Crippen LogP contribution in [0.4, 0.5) is 24.5 Å². The Labute approximate surface area is 266 Å². The SMILES string of the molecule is C=C(C)C(=O)OCCOCCOCCOCCOCCOCCOCCOC(=O)c1ccccc1Nc1cccc(C(F)(F)F)c1. The lowest BCUT2D eigenvalue weighted by molar-refractivity contribution is -0.140. The highest BCUT2D eigenvalue weighted by atomic mass is 19.4. The largest absolute Gasteiger partial charge is 0.460 e. The molecule has 0 aromatic heterocycles. The molecule has 256 valence electrons. The molecule has 0 fully saturated rings. The van der Waals surface area contributed by atoms with Crippen LogP contribution >= 0.6 is 0 Å². The Bertz CT molecular complexity index is 1180. The predicted octanol–water partition coefficient (Wildman–Crippen LogP) is 4.82. The van der Waals surface area contributed by atoms with Crippen LogP contribution in [0.5, 0.6) is 0 Å². The van der Waals surface area contributed by atoms with E-state index in [1.807, 2.05) is 0 Å². The fourth-order valence-electron chi connectivity index (χ4n) is 3.49. The summed E-state index contributed by atoms with van der Waals surface area (Å²) in [5.74, 6) is -1.07. The Kier molecular flexibility index (Phi) is 19.2. The first-order chi connectivity index (χ1) is 22.2. The average molecular weight is 658 g/mol. The van der Waals surface area contributed by atoms with Crippen LogP contribution in [0.1, 0.15) is 22.8 Å². The quantitative estimate of drug-likeness (QED) is 0.0899. The van der Waals surface area contributed by atoms with Crippen molar-refractivity contribution in [3.8, 4) is 0 Å². The van der Waals surface area contributed by atoms with E-state index in [1.165, 1.54) is 18.2 Å². The van der Waals surface area contributed by atoms with Gasteiger partial charge in [-0.1, -0.05) is 24.8 Å². The van der Waals surface area contributed by atoms with Crippen LogP contribution in [0.25, 0.3) is 0 Å². The van der Waals surface area contributed by atoms with Crippen LogP contribution in [0.15, 0.2) is 60.7 Å². The zero-order chi connectivity index (χ0) is 33.5. The van der Waals surface area contributed by atoms with Gasteiger partial charge in [-0.2, -0.15) is 13.2 Å². The van der Waals surface area contributed by atoms with Crippen LogP contribution in [-0.4, -0.2) is 104 Å². The molecule has 2 rings (SSSR count). The third-order valence-corrected chi connectivity index (χ3v) is 5.75. The van der Waals surface area contributed by atoms with Gasteiger partial charge >= 0.3 is 18.1 Å². The maximum Gasteiger partial charge on any atom is 0.416 e. The lowest BCUT2D eigenvalue weighted by Crippen LogP contribution is -2.16. The topological polar surface area (TPSA) is 120 Å². The average Bonchev–Trinajstić information content (AvgIpc) is 3.03. The number of benzene rings is 2. The van der Waals surface area contributed by atoms with Crippen LogP contribution in [0, 0.1) is 0 Å². The van der Waals surface area contributed by atoms with Gasteiger partial charge in [0.15, 0.2) is 0 Å². The second-order valence-electron chi connectivity index (χ2n) is 9.48. The Hall–Kier alpha value is -3.53. The van der Waals surface area contributed by atoms with Crippen molar-refractivity contribution in [2.24, 2.45) is 0 Å². The number of halogens is 3. The summed E-state index contributed by atoms with van der Waals surface area (Å²) in [5, 5.41) is 2.85. The van der Waals surface area contributed by atoms with Crippen molar-refractivity contribution >= 4 is 23.3 Å². The van der Waals surface area contributed by atoms with E-state index in [4.69, 9.17) is 37.9 Å². The predicted molar refractivity (Wildman–Crippen MR) is 162 cm³/mol. The van der Waals surface area contributed by atoms with Crippen molar-refractivity contribution in [1.29, 1.82) is 0 Å². The lowest BCUT2D eigenvalue weighted by atomic mass is 10.1. The Morgan fingerprint density at radius 1 is 0.652 bits per heavy atom. The summed E-state index contributed by atoms with van der Waals surface area (Å²) in [6.45, 7) is 9.54. The molecule has 0 amide bonds.